The second kappa shape index (κ2) is 5.32. The fourth-order valence-corrected chi connectivity index (χ4v) is 3.16. The molecule has 1 aliphatic rings. The summed E-state index contributed by atoms with van der Waals surface area (Å²) < 4.78 is 36.6. The minimum Gasteiger partial charge on any atom is -0.497 e. The molecule has 0 aliphatic heterocycles. The van der Waals surface area contributed by atoms with E-state index in [-0.39, 0.29) is 22.5 Å². The van der Waals surface area contributed by atoms with Crippen LogP contribution >= 0.6 is 0 Å². The minimum atomic E-state index is -3.97. The molecule has 6 nitrogen and oxygen atoms in total. The number of benzene rings is 1. The molecule has 2 unspecified atom stereocenters. The quantitative estimate of drug-likeness (QED) is 0.882. The second-order valence-corrected chi connectivity index (χ2v) is 6.46. The van der Waals surface area contributed by atoms with Gasteiger partial charge >= 0.3 is 0 Å². The van der Waals surface area contributed by atoms with Gasteiger partial charge in [0.05, 0.1) is 14.2 Å². The Bertz CT molecular complexity index is 626. The van der Waals surface area contributed by atoms with Gasteiger partial charge in [-0.05, 0) is 24.5 Å². The zero-order valence-electron chi connectivity index (χ0n) is 11.5. The van der Waals surface area contributed by atoms with Crippen molar-refractivity contribution in [2.24, 2.45) is 11.8 Å². The van der Waals surface area contributed by atoms with Crippen LogP contribution in [0.2, 0.25) is 0 Å². The third-order valence-corrected chi connectivity index (χ3v) is 4.71. The molecule has 0 aromatic heterocycles. The highest BCUT2D eigenvalue weighted by atomic mass is 32.2. The number of ether oxygens (including phenoxy) is 2. The van der Waals surface area contributed by atoms with E-state index >= 15 is 0 Å². The Balaban J connectivity index is 2.30. The molecule has 0 bridgehead atoms. The number of carbonyl (C=O) groups is 1. The number of hydrogen-bond acceptors (Lipinski definition) is 5. The van der Waals surface area contributed by atoms with Crippen LogP contribution in [0.15, 0.2) is 23.1 Å². The highest BCUT2D eigenvalue weighted by Gasteiger charge is 2.41. The second-order valence-electron chi connectivity index (χ2n) is 4.81. The number of amides is 1. The average molecular weight is 299 g/mol. The van der Waals surface area contributed by atoms with Gasteiger partial charge in [0.1, 0.15) is 16.4 Å². The molecule has 0 spiro atoms. The molecule has 1 amide bonds. The minimum absolute atomic E-state index is 0.110. The molecule has 110 valence electrons. The predicted molar refractivity (Wildman–Crippen MR) is 72.1 cm³/mol. The van der Waals surface area contributed by atoms with Crippen molar-refractivity contribution in [2.75, 3.05) is 14.2 Å². The van der Waals surface area contributed by atoms with Gasteiger partial charge < -0.3 is 9.47 Å². The molecule has 1 aromatic carbocycles. The molecule has 0 radical (unpaired) electrons. The first-order valence-corrected chi connectivity index (χ1v) is 7.66. The SMILES string of the molecule is COc1ccc(OC)c(S(=O)(=O)NC(=O)C2CC2C)c1. The van der Waals surface area contributed by atoms with E-state index in [4.69, 9.17) is 9.47 Å². The first kappa shape index (κ1) is 14.6. The van der Waals surface area contributed by atoms with Crippen LogP contribution < -0.4 is 14.2 Å². The van der Waals surface area contributed by atoms with Gasteiger partial charge in [0.15, 0.2) is 0 Å². The third-order valence-electron chi connectivity index (χ3n) is 3.34. The van der Waals surface area contributed by atoms with E-state index in [0.29, 0.717) is 5.75 Å². The maximum atomic E-state index is 12.3. The summed E-state index contributed by atoms with van der Waals surface area (Å²) in [6.07, 6.45) is 0.719. The molecule has 7 heteroatoms. The Morgan fingerprint density at radius 1 is 1.30 bits per heavy atom. The van der Waals surface area contributed by atoms with Crippen molar-refractivity contribution in [3.63, 3.8) is 0 Å². The number of rotatable bonds is 5. The summed E-state index contributed by atoms with van der Waals surface area (Å²) in [5.41, 5.74) is 0. The van der Waals surface area contributed by atoms with Crippen molar-refractivity contribution in [3.05, 3.63) is 18.2 Å². The van der Waals surface area contributed by atoms with Gasteiger partial charge in [-0.1, -0.05) is 6.92 Å². The van der Waals surface area contributed by atoms with Crippen molar-refractivity contribution >= 4 is 15.9 Å². The summed E-state index contributed by atoms with van der Waals surface area (Å²) in [6.45, 7) is 1.91. The fourth-order valence-electron chi connectivity index (χ4n) is 1.94. The Morgan fingerprint density at radius 3 is 2.45 bits per heavy atom. The maximum Gasteiger partial charge on any atom is 0.267 e. The van der Waals surface area contributed by atoms with Crippen molar-refractivity contribution in [1.82, 2.24) is 4.72 Å². The molecule has 1 N–H and O–H groups in total. The Kier molecular flexibility index (Phi) is 3.89. The van der Waals surface area contributed by atoms with E-state index in [1.54, 1.807) is 6.07 Å². The summed E-state index contributed by atoms with van der Waals surface area (Å²) in [6, 6.07) is 4.39. The number of sulfonamides is 1. The molecular formula is C13H17NO5S. The molecule has 1 aromatic rings. The largest absolute Gasteiger partial charge is 0.497 e. The number of carbonyl (C=O) groups excluding carboxylic acids is 1. The highest BCUT2D eigenvalue weighted by molar-refractivity contribution is 7.90. The lowest BCUT2D eigenvalue weighted by Crippen LogP contribution is -2.32. The molecule has 1 saturated carbocycles. The van der Waals surface area contributed by atoms with E-state index in [1.807, 2.05) is 6.92 Å². The summed E-state index contributed by atoms with van der Waals surface area (Å²) in [5.74, 6) is 0.0783. The Morgan fingerprint density at radius 2 is 1.95 bits per heavy atom. The monoisotopic (exact) mass is 299 g/mol. The fraction of sp³-hybridized carbons (Fsp3) is 0.462. The van der Waals surface area contributed by atoms with Crippen molar-refractivity contribution in [2.45, 2.75) is 18.2 Å². The highest BCUT2D eigenvalue weighted by Crippen LogP contribution is 2.38. The summed E-state index contributed by atoms with van der Waals surface area (Å²) in [5, 5.41) is 0. The smallest absolute Gasteiger partial charge is 0.267 e. The third kappa shape index (κ3) is 2.87. The van der Waals surface area contributed by atoms with Crippen LogP contribution in [0.1, 0.15) is 13.3 Å². The molecule has 0 saturated heterocycles. The lowest BCUT2D eigenvalue weighted by atomic mass is 10.3. The first-order chi connectivity index (χ1) is 9.39. The first-order valence-electron chi connectivity index (χ1n) is 6.17. The van der Waals surface area contributed by atoms with Crippen LogP contribution in [0.4, 0.5) is 0 Å². The molecule has 2 atom stereocenters. The number of nitrogens with one attached hydrogen (secondary N) is 1. The normalized spacial score (nSPS) is 21.1. The van der Waals surface area contributed by atoms with E-state index in [1.165, 1.54) is 26.4 Å². The molecule has 20 heavy (non-hydrogen) atoms. The van der Waals surface area contributed by atoms with Gasteiger partial charge in [0.2, 0.25) is 5.91 Å². The zero-order valence-corrected chi connectivity index (χ0v) is 12.4. The lowest BCUT2D eigenvalue weighted by molar-refractivity contribution is -0.120. The van der Waals surface area contributed by atoms with Crippen LogP contribution in [0, 0.1) is 11.8 Å². The summed E-state index contributed by atoms with van der Waals surface area (Å²) >= 11 is 0. The van der Waals surface area contributed by atoms with Crippen molar-refractivity contribution < 1.29 is 22.7 Å². The number of methoxy groups -OCH3 is 2. The molecule has 2 rings (SSSR count). The Labute approximate surface area is 118 Å². The van der Waals surface area contributed by atoms with E-state index in [9.17, 15) is 13.2 Å². The van der Waals surface area contributed by atoms with Crippen molar-refractivity contribution in [1.29, 1.82) is 0 Å². The van der Waals surface area contributed by atoms with Crippen LogP contribution in [-0.2, 0) is 14.8 Å². The standard InChI is InChI=1S/C13H17NO5S/c1-8-6-10(8)13(15)14-20(16,17)12-7-9(18-2)4-5-11(12)19-3/h4-5,7-8,10H,6H2,1-3H3,(H,14,15). The van der Waals surface area contributed by atoms with E-state index in [0.717, 1.165) is 6.42 Å². The molecule has 0 heterocycles. The van der Waals surface area contributed by atoms with Gasteiger partial charge in [-0.3, -0.25) is 4.79 Å². The van der Waals surface area contributed by atoms with Crippen molar-refractivity contribution in [3.8, 4) is 11.5 Å². The lowest BCUT2D eigenvalue weighted by Gasteiger charge is -2.12. The summed E-state index contributed by atoms with van der Waals surface area (Å²) in [7, 11) is -1.17. The molecule has 1 aliphatic carbocycles. The molecular weight excluding hydrogens is 282 g/mol. The van der Waals surface area contributed by atoms with Gasteiger partial charge in [-0.15, -0.1) is 0 Å². The van der Waals surface area contributed by atoms with Gasteiger partial charge in [0.25, 0.3) is 10.0 Å². The van der Waals surface area contributed by atoms with Crippen LogP contribution in [0.5, 0.6) is 11.5 Å². The van der Waals surface area contributed by atoms with E-state index < -0.39 is 15.9 Å². The van der Waals surface area contributed by atoms with Gasteiger partial charge in [-0.25, -0.2) is 13.1 Å². The summed E-state index contributed by atoms with van der Waals surface area (Å²) in [4.78, 5) is 11.7. The molecule has 1 fully saturated rings. The van der Waals surface area contributed by atoms with Gasteiger partial charge in [-0.2, -0.15) is 0 Å². The average Bonchev–Trinajstić information content (AvgIpc) is 3.14. The zero-order chi connectivity index (χ0) is 14.9. The van der Waals surface area contributed by atoms with Gasteiger partial charge in [0, 0.05) is 12.0 Å². The topological polar surface area (TPSA) is 81.7 Å². The van der Waals surface area contributed by atoms with Crippen LogP contribution in [-0.4, -0.2) is 28.5 Å². The predicted octanol–water partition coefficient (Wildman–Crippen LogP) is 1.16. The van der Waals surface area contributed by atoms with Crippen LogP contribution in [0.25, 0.3) is 0 Å². The van der Waals surface area contributed by atoms with Crippen LogP contribution in [0.3, 0.4) is 0 Å². The maximum absolute atomic E-state index is 12.3. The van der Waals surface area contributed by atoms with E-state index in [2.05, 4.69) is 4.72 Å². The number of hydrogen-bond donors (Lipinski definition) is 1. The Hall–Kier alpha value is -1.76.